The first-order valence-corrected chi connectivity index (χ1v) is 10.7. The Morgan fingerprint density at radius 3 is 2.60 bits per heavy atom. The molecule has 0 atom stereocenters. The minimum absolute atomic E-state index is 0.197. The average Bonchev–Trinajstić information content (AvgIpc) is 3.23. The van der Waals surface area contributed by atoms with E-state index in [9.17, 15) is 4.79 Å². The highest BCUT2D eigenvalue weighted by Crippen LogP contribution is 2.28. The molecule has 0 aliphatic rings. The number of thiazole rings is 1. The van der Waals surface area contributed by atoms with Crippen LogP contribution in [0.3, 0.4) is 0 Å². The maximum atomic E-state index is 12.4. The molecule has 0 fully saturated rings. The second-order valence-corrected chi connectivity index (χ2v) is 8.52. The van der Waals surface area contributed by atoms with Crippen LogP contribution in [0.25, 0.3) is 16.3 Å². The number of para-hydroxylation sites is 1. The Kier molecular flexibility index (Phi) is 5.50. The smallest absolute Gasteiger partial charge is 0.250 e. The molecule has 0 radical (unpaired) electrons. The first-order valence-electron chi connectivity index (χ1n) is 9.85. The van der Waals surface area contributed by atoms with Crippen LogP contribution in [0.1, 0.15) is 33.6 Å². The zero-order valence-electron chi connectivity index (χ0n) is 17.6. The quantitative estimate of drug-likeness (QED) is 0.442. The molecule has 2 aromatic heterocycles. The van der Waals surface area contributed by atoms with Gasteiger partial charge in [-0.15, -0.1) is 0 Å². The van der Waals surface area contributed by atoms with Crippen LogP contribution in [-0.2, 0) is 11.3 Å². The lowest BCUT2D eigenvalue weighted by molar-refractivity contribution is -0.111. The van der Waals surface area contributed by atoms with Gasteiger partial charge in [-0.2, -0.15) is 5.10 Å². The molecule has 6 heteroatoms. The summed E-state index contributed by atoms with van der Waals surface area (Å²) in [6, 6.07) is 14.5. The number of rotatable bonds is 5. The normalized spacial score (nSPS) is 11.5. The molecule has 2 aromatic carbocycles. The number of hydrogen-bond donors (Lipinski definition) is 1. The fourth-order valence-electron chi connectivity index (χ4n) is 3.42. The summed E-state index contributed by atoms with van der Waals surface area (Å²) < 4.78 is 3.05. The molecule has 4 rings (SSSR count). The third kappa shape index (κ3) is 4.19. The van der Waals surface area contributed by atoms with E-state index >= 15 is 0 Å². The first-order chi connectivity index (χ1) is 14.4. The van der Waals surface area contributed by atoms with E-state index in [1.54, 1.807) is 6.08 Å². The van der Waals surface area contributed by atoms with Crippen molar-refractivity contribution in [2.75, 3.05) is 5.32 Å². The lowest BCUT2D eigenvalue weighted by Gasteiger charge is -2.05. The zero-order chi connectivity index (χ0) is 21.3. The number of anilines is 1. The molecule has 0 unspecified atom stereocenters. The van der Waals surface area contributed by atoms with Crippen LogP contribution in [0, 0.1) is 27.7 Å². The van der Waals surface area contributed by atoms with Gasteiger partial charge in [0.05, 0.1) is 22.5 Å². The lowest BCUT2D eigenvalue weighted by Crippen LogP contribution is -2.07. The van der Waals surface area contributed by atoms with Crippen molar-refractivity contribution in [2.24, 2.45) is 0 Å². The minimum atomic E-state index is -0.197. The molecule has 0 aliphatic carbocycles. The molecule has 0 spiro atoms. The van der Waals surface area contributed by atoms with Gasteiger partial charge in [0, 0.05) is 17.3 Å². The van der Waals surface area contributed by atoms with Crippen LogP contribution in [0.2, 0.25) is 0 Å². The number of carbonyl (C=O) groups excluding carboxylic acids is 1. The Morgan fingerprint density at radius 1 is 1.10 bits per heavy atom. The van der Waals surface area contributed by atoms with Gasteiger partial charge in [0.25, 0.3) is 0 Å². The van der Waals surface area contributed by atoms with Gasteiger partial charge in [-0.3, -0.25) is 14.8 Å². The van der Waals surface area contributed by atoms with Crippen molar-refractivity contribution in [1.29, 1.82) is 0 Å². The molecular weight excluding hydrogens is 392 g/mol. The van der Waals surface area contributed by atoms with Crippen LogP contribution in [0.15, 0.2) is 48.5 Å². The van der Waals surface area contributed by atoms with Gasteiger partial charge in [0.2, 0.25) is 5.91 Å². The van der Waals surface area contributed by atoms with Crippen LogP contribution >= 0.6 is 11.3 Å². The molecular formula is C24H24N4OS. The van der Waals surface area contributed by atoms with Crippen molar-refractivity contribution < 1.29 is 4.79 Å². The summed E-state index contributed by atoms with van der Waals surface area (Å²) in [4.78, 5) is 17.0. The van der Waals surface area contributed by atoms with E-state index in [0.29, 0.717) is 11.7 Å². The van der Waals surface area contributed by atoms with Gasteiger partial charge < -0.3 is 0 Å². The standard InChI is InChI=1S/C24H24N4OS/c1-15-8-10-19(11-9-15)14-28-18(4)20(17(3)27-28)12-13-22(29)25-24-26-23-16(2)6-5-7-21(23)30-24/h5-13H,14H2,1-4H3,(H,25,26,29)/b13-12+. The number of fused-ring (bicyclic) bond motifs is 1. The maximum Gasteiger partial charge on any atom is 0.250 e. The molecule has 1 N–H and O–H groups in total. The van der Waals surface area contributed by atoms with E-state index in [2.05, 4.69) is 46.6 Å². The van der Waals surface area contributed by atoms with E-state index in [0.717, 1.165) is 32.7 Å². The summed E-state index contributed by atoms with van der Waals surface area (Å²) in [7, 11) is 0. The number of hydrogen-bond acceptors (Lipinski definition) is 4. The third-order valence-electron chi connectivity index (χ3n) is 5.14. The highest BCUT2D eigenvalue weighted by atomic mass is 32.1. The molecule has 5 nitrogen and oxygen atoms in total. The number of amides is 1. The monoisotopic (exact) mass is 416 g/mol. The number of aromatic nitrogens is 3. The molecule has 0 saturated heterocycles. The van der Waals surface area contributed by atoms with Crippen molar-refractivity contribution in [2.45, 2.75) is 34.2 Å². The minimum Gasteiger partial charge on any atom is -0.298 e. The van der Waals surface area contributed by atoms with Gasteiger partial charge >= 0.3 is 0 Å². The second-order valence-electron chi connectivity index (χ2n) is 7.49. The van der Waals surface area contributed by atoms with Crippen molar-refractivity contribution in [3.8, 4) is 0 Å². The number of nitrogens with one attached hydrogen (secondary N) is 1. The topological polar surface area (TPSA) is 59.8 Å². The Balaban J connectivity index is 1.48. The second kappa shape index (κ2) is 8.24. The Bertz CT molecular complexity index is 1250. The van der Waals surface area contributed by atoms with E-state index in [1.807, 2.05) is 49.7 Å². The van der Waals surface area contributed by atoms with Crippen molar-refractivity contribution in [3.05, 3.63) is 82.2 Å². The van der Waals surface area contributed by atoms with Gasteiger partial charge in [-0.1, -0.05) is 53.3 Å². The number of nitrogens with zero attached hydrogens (tertiary/aromatic N) is 3. The summed E-state index contributed by atoms with van der Waals surface area (Å²) in [5, 5.41) is 8.13. The van der Waals surface area contributed by atoms with Crippen molar-refractivity contribution in [3.63, 3.8) is 0 Å². The summed E-state index contributed by atoms with van der Waals surface area (Å²) in [5.74, 6) is -0.197. The van der Waals surface area contributed by atoms with Crippen LogP contribution < -0.4 is 5.32 Å². The maximum absolute atomic E-state index is 12.4. The highest BCUT2D eigenvalue weighted by molar-refractivity contribution is 7.22. The lowest BCUT2D eigenvalue weighted by atomic mass is 10.1. The van der Waals surface area contributed by atoms with Crippen molar-refractivity contribution in [1.82, 2.24) is 14.8 Å². The Hall–Kier alpha value is -3.25. The molecule has 1 amide bonds. The van der Waals surface area contributed by atoms with E-state index in [4.69, 9.17) is 0 Å². The Labute approximate surface area is 180 Å². The Morgan fingerprint density at radius 2 is 1.87 bits per heavy atom. The predicted octanol–water partition coefficient (Wildman–Crippen LogP) is 5.43. The SMILES string of the molecule is Cc1ccc(Cn2nc(C)c(/C=C/C(=O)Nc3nc4c(C)cccc4s3)c2C)cc1. The van der Waals surface area contributed by atoms with E-state index in [1.165, 1.54) is 22.5 Å². The third-order valence-corrected chi connectivity index (χ3v) is 6.08. The summed E-state index contributed by atoms with van der Waals surface area (Å²) in [6.07, 6.45) is 3.38. The number of benzene rings is 2. The first kappa shape index (κ1) is 20.0. The molecule has 0 bridgehead atoms. The summed E-state index contributed by atoms with van der Waals surface area (Å²) in [5.41, 5.74) is 7.39. The van der Waals surface area contributed by atoms with Crippen LogP contribution in [0.4, 0.5) is 5.13 Å². The van der Waals surface area contributed by atoms with Gasteiger partial charge in [0.1, 0.15) is 0 Å². The molecule has 152 valence electrons. The predicted molar refractivity (Wildman–Crippen MR) is 124 cm³/mol. The van der Waals surface area contributed by atoms with Crippen LogP contribution in [0.5, 0.6) is 0 Å². The van der Waals surface area contributed by atoms with E-state index < -0.39 is 0 Å². The molecule has 0 aliphatic heterocycles. The highest BCUT2D eigenvalue weighted by Gasteiger charge is 2.11. The van der Waals surface area contributed by atoms with Crippen LogP contribution in [-0.4, -0.2) is 20.7 Å². The average molecular weight is 417 g/mol. The number of aryl methyl sites for hydroxylation is 3. The van der Waals surface area contributed by atoms with E-state index in [-0.39, 0.29) is 5.91 Å². The summed E-state index contributed by atoms with van der Waals surface area (Å²) in [6.45, 7) is 8.80. The number of carbonyl (C=O) groups is 1. The molecule has 2 heterocycles. The van der Waals surface area contributed by atoms with Gasteiger partial charge in [-0.25, -0.2) is 4.98 Å². The zero-order valence-corrected chi connectivity index (χ0v) is 18.4. The fourth-order valence-corrected chi connectivity index (χ4v) is 4.36. The van der Waals surface area contributed by atoms with Gasteiger partial charge in [-0.05, 0) is 51.0 Å². The molecule has 0 saturated carbocycles. The van der Waals surface area contributed by atoms with Crippen molar-refractivity contribution >= 4 is 38.7 Å². The summed E-state index contributed by atoms with van der Waals surface area (Å²) >= 11 is 1.48. The largest absolute Gasteiger partial charge is 0.298 e. The van der Waals surface area contributed by atoms with Gasteiger partial charge in [0.15, 0.2) is 5.13 Å². The molecule has 4 aromatic rings. The molecule has 30 heavy (non-hydrogen) atoms. The fraction of sp³-hybridized carbons (Fsp3) is 0.208.